The molecule has 2 aliphatic rings. The van der Waals surface area contributed by atoms with E-state index >= 15 is 0 Å². The Balaban J connectivity index is 1.56. The summed E-state index contributed by atoms with van der Waals surface area (Å²) in [5, 5.41) is 3.23. The van der Waals surface area contributed by atoms with Crippen LogP contribution >= 0.6 is 0 Å². The van der Waals surface area contributed by atoms with Crippen molar-refractivity contribution in [2.45, 2.75) is 50.5 Å². The molecule has 0 bridgehead atoms. The van der Waals surface area contributed by atoms with Crippen LogP contribution in [0.3, 0.4) is 0 Å². The van der Waals surface area contributed by atoms with Gasteiger partial charge in [-0.1, -0.05) is 30.3 Å². The monoisotopic (exact) mass is 300 g/mol. The van der Waals surface area contributed by atoms with Crippen molar-refractivity contribution >= 4 is 5.91 Å². The summed E-state index contributed by atoms with van der Waals surface area (Å²) >= 11 is 0. The van der Waals surface area contributed by atoms with Crippen molar-refractivity contribution in [3.05, 3.63) is 35.9 Å². The highest BCUT2D eigenvalue weighted by Gasteiger charge is 2.34. The van der Waals surface area contributed by atoms with Crippen LogP contribution < -0.4 is 5.32 Å². The molecule has 1 atom stereocenters. The van der Waals surface area contributed by atoms with Crippen molar-refractivity contribution in [2.75, 3.05) is 20.1 Å². The maximum absolute atomic E-state index is 12.8. The van der Waals surface area contributed by atoms with Crippen molar-refractivity contribution in [2.24, 2.45) is 5.92 Å². The van der Waals surface area contributed by atoms with Gasteiger partial charge < -0.3 is 10.2 Å². The molecule has 1 aliphatic carbocycles. The van der Waals surface area contributed by atoms with E-state index in [-0.39, 0.29) is 5.92 Å². The number of likely N-dealkylation sites (N-methyl/N-ethyl adjacent to an activating group) is 1. The number of amides is 1. The van der Waals surface area contributed by atoms with Crippen LogP contribution in [-0.2, 0) is 4.79 Å². The van der Waals surface area contributed by atoms with Gasteiger partial charge in [0.05, 0.1) is 0 Å². The molecule has 3 heteroatoms. The molecule has 1 aromatic rings. The van der Waals surface area contributed by atoms with Gasteiger partial charge in [0.2, 0.25) is 5.91 Å². The van der Waals surface area contributed by atoms with Gasteiger partial charge in [0.15, 0.2) is 0 Å². The van der Waals surface area contributed by atoms with E-state index in [9.17, 15) is 4.79 Å². The maximum Gasteiger partial charge on any atom is 0.225 e. The highest BCUT2D eigenvalue weighted by atomic mass is 16.2. The van der Waals surface area contributed by atoms with Crippen LogP contribution in [0.4, 0.5) is 0 Å². The topological polar surface area (TPSA) is 32.3 Å². The zero-order chi connectivity index (χ0) is 15.4. The van der Waals surface area contributed by atoms with Crippen LogP contribution in [-0.4, -0.2) is 37.0 Å². The molecule has 0 spiro atoms. The molecule has 0 radical (unpaired) electrons. The minimum atomic E-state index is 0.261. The predicted molar refractivity (Wildman–Crippen MR) is 89.8 cm³/mol. The van der Waals surface area contributed by atoms with E-state index in [2.05, 4.69) is 40.5 Å². The van der Waals surface area contributed by atoms with Gasteiger partial charge in [0.1, 0.15) is 0 Å². The number of nitrogens with zero attached hydrogens (tertiary/aromatic N) is 1. The summed E-state index contributed by atoms with van der Waals surface area (Å²) < 4.78 is 0. The number of rotatable bonds is 4. The highest BCUT2D eigenvalue weighted by Crippen LogP contribution is 2.37. The molecule has 1 unspecified atom stereocenters. The normalized spacial score (nSPS) is 28.8. The van der Waals surface area contributed by atoms with Crippen LogP contribution in [0.2, 0.25) is 0 Å². The van der Waals surface area contributed by atoms with Gasteiger partial charge in [0, 0.05) is 25.0 Å². The standard InChI is InChI=1S/C19H28N2O/c1-20-14-18-8-5-13-21(18)19(22)17-11-9-16(10-12-17)15-6-3-2-4-7-15/h2-4,6-7,16-18,20H,5,8-14H2,1H3. The summed E-state index contributed by atoms with van der Waals surface area (Å²) in [6, 6.07) is 11.2. The summed E-state index contributed by atoms with van der Waals surface area (Å²) in [6.45, 7) is 1.90. The molecule has 3 rings (SSSR count). The smallest absolute Gasteiger partial charge is 0.225 e. The van der Waals surface area contributed by atoms with E-state index < -0.39 is 0 Å². The molecule has 1 aliphatic heterocycles. The van der Waals surface area contributed by atoms with E-state index in [0.717, 1.165) is 51.6 Å². The fourth-order valence-electron chi connectivity index (χ4n) is 4.21. The molecule has 1 aromatic carbocycles. The Hall–Kier alpha value is -1.35. The fraction of sp³-hybridized carbons (Fsp3) is 0.632. The molecule has 2 fully saturated rings. The van der Waals surface area contributed by atoms with Crippen molar-refractivity contribution in [1.29, 1.82) is 0 Å². The number of hydrogen-bond donors (Lipinski definition) is 1. The lowest BCUT2D eigenvalue weighted by atomic mass is 9.78. The molecule has 3 nitrogen and oxygen atoms in total. The SMILES string of the molecule is CNCC1CCCN1C(=O)C1CCC(c2ccccc2)CC1. The third-order valence-electron chi connectivity index (χ3n) is 5.45. The number of nitrogens with one attached hydrogen (secondary N) is 1. The Kier molecular flexibility index (Phi) is 5.14. The minimum absolute atomic E-state index is 0.261. The summed E-state index contributed by atoms with van der Waals surface area (Å²) in [5.74, 6) is 1.33. The Bertz CT molecular complexity index is 479. The molecule has 1 amide bonds. The number of likely N-dealkylation sites (tertiary alicyclic amines) is 1. The first kappa shape index (κ1) is 15.5. The number of carbonyl (C=O) groups excluding carboxylic acids is 1. The zero-order valence-electron chi connectivity index (χ0n) is 13.6. The van der Waals surface area contributed by atoms with Gasteiger partial charge in [-0.05, 0) is 57.1 Å². The average molecular weight is 300 g/mol. The van der Waals surface area contributed by atoms with Crippen LogP contribution in [0.5, 0.6) is 0 Å². The van der Waals surface area contributed by atoms with Crippen molar-refractivity contribution in [3.8, 4) is 0 Å². The number of carbonyl (C=O) groups is 1. The van der Waals surface area contributed by atoms with Gasteiger partial charge in [0.25, 0.3) is 0 Å². The molecular weight excluding hydrogens is 272 g/mol. The Morgan fingerprint density at radius 1 is 1.14 bits per heavy atom. The first-order valence-corrected chi connectivity index (χ1v) is 8.79. The van der Waals surface area contributed by atoms with E-state index in [1.807, 2.05) is 7.05 Å². The third kappa shape index (κ3) is 3.35. The first-order valence-electron chi connectivity index (χ1n) is 8.79. The van der Waals surface area contributed by atoms with Crippen molar-refractivity contribution < 1.29 is 4.79 Å². The van der Waals surface area contributed by atoms with Gasteiger partial charge in [-0.15, -0.1) is 0 Å². The van der Waals surface area contributed by atoms with Crippen LogP contribution in [0.1, 0.15) is 50.0 Å². The van der Waals surface area contributed by atoms with Crippen molar-refractivity contribution in [1.82, 2.24) is 10.2 Å². The minimum Gasteiger partial charge on any atom is -0.338 e. The van der Waals surface area contributed by atoms with Gasteiger partial charge in [-0.2, -0.15) is 0 Å². The molecule has 1 saturated heterocycles. The zero-order valence-corrected chi connectivity index (χ0v) is 13.6. The van der Waals surface area contributed by atoms with Crippen molar-refractivity contribution in [3.63, 3.8) is 0 Å². The first-order chi connectivity index (χ1) is 10.8. The molecular formula is C19H28N2O. The average Bonchev–Trinajstić information content (AvgIpc) is 3.04. The quantitative estimate of drug-likeness (QED) is 0.926. The summed E-state index contributed by atoms with van der Waals surface area (Å²) in [6.07, 6.45) is 6.75. The van der Waals surface area contributed by atoms with Gasteiger partial charge in [-0.3, -0.25) is 4.79 Å². The Labute approximate surface area is 134 Å². The van der Waals surface area contributed by atoms with Gasteiger partial charge in [-0.25, -0.2) is 0 Å². The largest absolute Gasteiger partial charge is 0.338 e. The predicted octanol–water partition coefficient (Wildman–Crippen LogP) is 3.17. The lowest BCUT2D eigenvalue weighted by Gasteiger charge is -2.33. The number of hydrogen-bond acceptors (Lipinski definition) is 2. The fourth-order valence-corrected chi connectivity index (χ4v) is 4.21. The van der Waals surface area contributed by atoms with Crippen LogP contribution in [0, 0.1) is 5.92 Å². The summed E-state index contributed by atoms with van der Waals surface area (Å²) in [5.41, 5.74) is 1.45. The molecule has 1 heterocycles. The second-order valence-corrected chi connectivity index (χ2v) is 6.84. The second kappa shape index (κ2) is 7.28. The van der Waals surface area contributed by atoms with E-state index in [1.54, 1.807) is 0 Å². The molecule has 22 heavy (non-hydrogen) atoms. The molecule has 0 aromatic heterocycles. The summed E-state index contributed by atoms with van der Waals surface area (Å²) in [7, 11) is 1.98. The Morgan fingerprint density at radius 3 is 2.55 bits per heavy atom. The lowest BCUT2D eigenvalue weighted by Crippen LogP contribution is -2.44. The molecule has 1 saturated carbocycles. The second-order valence-electron chi connectivity index (χ2n) is 6.84. The van der Waals surface area contributed by atoms with Crippen LogP contribution in [0.25, 0.3) is 0 Å². The van der Waals surface area contributed by atoms with Gasteiger partial charge >= 0.3 is 0 Å². The lowest BCUT2D eigenvalue weighted by molar-refractivity contribution is -0.137. The molecule has 120 valence electrons. The summed E-state index contributed by atoms with van der Waals surface area (Å²) in [4.78, 5) is 15.0. The highest BCUT2D eigenvalue weighted by molar-refractivity contribution is 5.79. The third-order valence-corrected chi connectivity index (χ3v) is 5.45. The number of benzene rings is 1. The molecule has 1 N–H and O–H groups in total. The van der Waals surface area contributed by atoms with Crippen LogP contribution in [0.15, 0.2) is 30.3 Å². The maximum atomic E-state index is 12.8. The van der Waals surface area contributed by atoms with E-state index in [0.29, 0.717) is 17.9 Å². The van der Waals surface area contributed by atoms with E-state index in [4.69, 9.17) is 0 Å². The Morgan fingerprint density at radius 2 is 1.86 bits per heavy atom. The van der Waals surface area contributed by atoms with E-state index in [1.165, 1.54) is 5.56 Å².